The van der Waals surface area contributed by atoms with Crippen molar-refractivity contribution in [1.82, 2.24) is 0 Å². The number of benzene rings is 1. The van der Waals surface area contributed by atoms with Gasteiger partial charge >= 0.3 is 6.36 Å². The number of aryl methyl sites for hydroxylation is 1. The highest BCUT2D eigenvalue weighted by Gasteiger charge is 2.31. The number of hydrogen-bond acceptors (Lipinski definition) is 1. The zero-order valence-electron chi connectivity index (χ0n) is 8.65. The summed E-state index contributed by atoms with van der Waals surface area (Å²) >= 11 is 0. The molecule has 0 aliphatic rings. The van der Waals surface area contributed by atoms with Gasteiger partial charge in [0, 0.05) is 6.07 Å². The molecule has 1 rings (SSSR count). The molecule has 0 amide bonds. The van der Waals surface area contributed by atoms with Crippen LogP contribution in [-0.2, 0) is 0 Å². The van der Waals surface area contributed by atoms with E-state index in [1.807, 2.05) is 13.8 Å². The first-order chi connectivity index (χ1) is 6.87. The zero-order chi connectivity index (χ0) is 12.1. The minimum atomic E-state index is -4.78. The Hall–Kier alpha value is -1.26. The van der Waals surface area contributed by atoms with Crippen molar-refractivity contribution < 1.29 is 22.3 Å². The van der Waals surface area contributed by atoms with Gasteiger partial charge in [-0.2, -0.15) is 0 Å². The molecule has 0 saturated carbocycles. The van der Waals surface area contributed by atoms with Crippen LogP contribution in [-0.4, -0.2) is 6.36 Å². The molecule has 1 aromatic carbocycles. The lowest BCUT2D eigenvalue weighted by molar-refractivity contribution is -0.274. The van der Waals surface area contributed by atoms with E-state index in [-0.39, 0.29) is 0 Å². The third-order valence-electron chi connectivity index (χ3n) is 1.25. The molecular weight excluding hydrogens is 212 g/mol. The quantitative estimate of drug-likeness (QED) is 0.653. The van der Waals surface area contributed by atoms with Gasteiger partial charge in [0.25, 0.3) is 0 Å². The van der Waals surface area contributed by atoms with Crippen LogP contribution in [0.3, 0.4) is 0 Å². The maximum Gasteiger partial charge on any atom is 0.573 e. The van der Waals surface area contributed by atoms with Gasteiger partial charge in [0.1, 0.15) is 11.6 Å². The Bertz CT molecular complexity index is 287. The van der Waals surface area contributed by atoms with Crippen LogP contribution in [0, 0.1) is 12.7 Å². The normalized spacial score (nSPS) is 10.3. The standard InChI is InChI=1S/C8H6F4O.C2H6/c1-5-2-6(9)4-7(3-5)13-8(10,11)12;1-2/h2-4H,1H3;1-2H3. The van der Waals surface area contributed by atoms with E-state index in [0.717, 1.165) is 12.1 Å². The Kier molecular flexibility index (Phi) is 5.11. The number of halogens is 4. The van der Waals surface area contributed by atoms with Crippen LogP contribution in [0.1, 0.15) is 19.4 Å². The van der Waals surface area contributed by atoms with E-state index in [1.165, 1.54) is 6.92 Å². The van der Waals surface area contributed by atoms with Gasteiger partial charge in [0.2, 0.25) is 0 Å². The van der Waals surface area contributed by atoms with Crippen molar-refractivity contribution in [3.63, 3.8) is 0 Å². The second kappa shape index (κ2) is 5.58. The maximum absolute atomic E-state index is 12.6. The molecule has 0 bridgehead atoms. The summed E-state index contributed by atoms with van der Waals surface area (Å²) < 4.78 is 51.1. The summed E-state index contributed by atoms with van der Waals surface area (Å²) in [6.07, 6.45) is -4.78. The van der Waals surface area contributed by atoms with Crippen molar-refractivity contribution >= 4 is 0 Å². The summed E-state index contributed by atoms with van der Waals surface area (Å²) in [5, 5.41) is 0. The van der Waals surface area contributed by atoms with Crippen LogP contribution in [0.5, 0.6) is 5.75 Å². The fraction of sp³-hybridized carbons (Fsp3) is 0.400. The molecule has 0 atom stereocenters. The van der Waals surface area contributed by atoms with Crippen molar-refractivity contribution in [2.75, 3.05) is 0 Å². The Balaban J connectivity index is 0.000000921. The van der Waals surface area contributed by atoms with Gasteiger partial charge < -0.3 is 4.74 Å². The van der Waals surface area contributed by atoms with E-state index >= 15 is 0 Å². The zero-order valence-corrected chi connectivity index (χ0v) is 8.65. The molecule has 0 radical (unpaired) electrons. The SMILES string of the molecule is CC.Cc1cc(F)cc(OC(F)(F)F)c1. The molecule has 0 fully saturated rings. The van der Waals surface area contributed by atoms with Crippen molar-refractivity contribution in [1.29, 1.82) is 0 Å². The van der Waals surface area contributed by atoms with Crippen LogP contribution < -0.4 is 4.74 Å². The molecule has 0 spiro atoms. The van der Waals surface area contributed by atoms with Crippen molar-refractivity contribution in [2.45, 2.75) is 27.1 Å². The van der Waals surface area contributed by atoms with E-state index in [9.17, 15) is 17.6 Å². The summed E-state index contributed by atoms with van der Waals surface area (Å²) in [6.45, 7) is 5.48. The van der Waals surface area contributed by atoms with E-state index in [0.29, 0.717) is 11.6 Å². The van der Waals surface area contributed by atoms with E-state index in [4.69, 9.17) is 0 Å². The highest BCUT2D eigenvalue weighted by Crippen LogP contribution is 2.24. The minimum Gasteiger partial charge on any atom is -0.406 e. The molecule has 1 nitrogen and oxygen atoms in total. The van der Waals surface area contributed by atoms with Gasteiger partial charge in [-0.25, -0.2) is 4.39 Å². The highest BCUT2D eigenvalue weighted by molar-refractivity contribution is 5.28. The van der Waals surface area contributed by atoms with Gasteiger partial charge in [0.05, 0.1) is 0 Å². The molecule has 0 heterocycles. The summed E-state index contributed by atoms with van der Waals surface area (Å²) in [5.74, 6) is -1.29. The van der Waals surface area contributed by atoms with Crippen molar-refractivity contribution in [2.24, 2.45) is 0 Å². The van der Waals surface area contributed by atoms with Gasteiger partial charge in [-0.1, -0.05) is 13.8 Å². The number of alkyl halides is 3. The van der Waals surface area contributed by atoms with Crippen molar-refractivity contribution in [3.05, 3.63) is 29.6 Å². The summed E-state index contributed by atoms with van der Waals surface area (Å²) in [6, 6.07) is 2.90. The lowest BCUT2D eigenvalue weighted by Gasteiger charge is -2.08. The molecule has 0 unspecified atom stereocenters. The highest BCUT2D eigenvalue weighted by atomic mass is 19.4. The molecule has 0 N–H and O–H groups in total. The Labute approximate surface area is 85.7 Å². The second-order valence-corrected chi connectivity index (χ2v) is 2.51. The Morgan fingerprint density at radius 2 is 1.60 bits per heavy atom. The number of rotatable bonds is 1. The average Bonchev–Trinajstić information content (AvgIpc) is 2.02. The number of hydrogen-bond donors (Lipinski definition) is 0. The van der Waals surface area contributed by atoms with Gasteiger partial charge in [0.15, 0.2) is 0 Å². The molecule has 1 aromatic rings. The Morgan fingerprint density at radius 1 is 1.07 bits per heavy atom. The average molecular weight is 224 g/mol. The summed E-state index contributed by atoms with van der Waals surface area (Å²) in [5.41, 5.74) is 0.374. The van der Waals surface area contributed by atoms with Crippen LogP contribution in [0.25, 0.3) is 0 Å². The van der Waals surface area contributed by atoms with Gasteiger partial charge in [-0.3, -0.25) is 0 Å². The van der Waals surface area contributed by atoms with E-state index in [2.05, 4.69) is 4.74 Å². The Morgan fingerprint density at radius 3 is 2.00 bits per heavy atom. The number of ether oxygens (including phenoxy) is 1. The largest absolute Gasteiger partial charge is 0.573 e. The molecular formula is C10H12F4O. The lowest BCUT2D eigenvalue weighted by atomic mass is 10.2. The van der Waals surface area contributed by atoms with E-state index in [1.54, 1.807) is 0 Å². The molecule has 0 aliphatic heterocycles. The predicted molar refractivity (Wildman–Crippen MR) is 49.2 cm³/mol. The van der Waals surface area contributed by atoms with E-state index < -0.39 is 17.9 Å². The topological polar surface area (TPSA) is 9.23 Å². The summed E-state index contributed by atoms with van der Waals surface area (Å²) in [4.78, 5) is 0. The molecule has 0 aliphatic carbocycles. The minimum absolute atomic E-state index is 0.374. The third kappa shape index (κ3) is 5.93. The smallest absolute Gasteiger partial charge is 0.406 e. The molecule has 0 saturated heterocycles. The molecule has 5 heteroatoms. The fourth-order valence-corrected chi connectivity index (χ4v) is 0.895. The molecule has 86 valence electrons. The monoisotopic (exact) mass is 224 g/mol. The van der Waals surface area contributed by atoms with Crippen LogP contribution in [0.15, 0.2) is 18.2 Å². The maximum atomic E-state index is 12.6. The van der Waals surface area contributed by atoms with Gasteiger partial charge in [-0.05, 0) is 24.6 Å². The van der Waals surface area contributed by atoms with Crippen molar-refractivity contribution in [3.8, 4) is 5.75 Å². The third-order valence-corrected chi connectivity index (χ3v) is 1.25. The fourth-order valence-electron chi connectivity index (χ4n) is 0.895. The molecule has 15 heavy (non-hydrogen) atoms. The summed E-state index contributed by atoms with van der Waals surface area (Å²) in [7, 11) is 0. The van der Waals surface area contributed by atoms with Crippen LogP contribution in [0.4, 0.5) is 17.6 Å². The first-order valence-corrected chi connectivity index (χ1v) is 4.40. The molecule has 0 aromatic heterocycles. The van der Waals surface area contributed by atoms with Gasteiger partial charge in [-0.15, -0.1) is 13.2 Å². The lowest BCUT2D eigenvalue weighted by Crippen LogP contribution is -2.17. The predicted octanol–water partition coefficient (Wildman–Crippen LogP) is 4.06. The van der Waals surface area contributed by atoms with Crippen LogP contribution >= 0.6 is 0 Å². The van der Waals surface area contributed by atoms with Crippen LogP contribution in [0.2, 0.25) is 0 Å². The first kappa shape index (κ1) is 13.7. The second-order valence-electron chi connectivity index (χ2n) is 2.51. The first-order valence-electron chi connectivity index (χ1n) is 4.40.